The number of aliphatic carboxylic acids is 1. The largest absolute Gasteiger partial charge is 0.487 e. The number of para-hydroxylation sites is 1. The Morgan fingerprint density at radius 3 is 3.00 bits per heavy atom. The number of nitrogens with one attached hydrogen (secondary N) is 1. The monoisotopic (exact) mass is 295 g/mol. The average Bonchev–Trinajstić information content (AvgIpc) is 2.47. The second-order valence-electron chi connectivity index (χ2n) is 4.57. The third-order valence-electron chi connectivity index (χ3n) is 3.30. The molecule has 0 spiro atoms. The van der Waals surface area contributed by atoms with Crippen LogP contribution < -0.4 is 15.0 Å². The average molecular weight is 295 g/mol. The van der Waals surface area contributed by atoms with E-state index in [1.54, 1.807) is 24.0 Å². The van der Waals surface area contributed by atoms with Crippen LogP contribution in [0.4, 0.5) is 11.4 Å². The van der Waals surface area contributed by atoms with Crippen LogP contribution in [0.25, 0.3) is 0 Å². The number of nitrogens with zero attached hydrogens (tertiary/aromatic N) is 2. The SMILES string of the molecule is CCOc1cccc(N2CCNCC2C(=O)O)c1[N+](=O)[O-]. The van der Waals surface area contributed by atoms with Gasteiger partial charge in [-0.1, -0.05) is 6.07 Å². The number of carboxylic acid groups (broad SMARTS) is 1. The van der Waals surface area contributed by atoms with E-state index in [9.17, 15) is 20.0 Å². The number of nitro groups is 1. The standard InChI is InChI=1S/C13H17N3O5/c1-2-21-11-5-3-4-9(12(11)16(19)20)15-7-6-14-8-10(15)13(17)18/h3-5,10,14H,2,6-8H2,1H3,(H,17,18). The first kappa shape index (κ1) is 15.0. The summed E-state index contributed by atoms with van der Waals surface area (Å²) in [5, 5.41) is 23.6. The summed E-state index contributed by atoms with van der Waals surface area (Å²) in [6, 6.07) is 3.87. The zero-order chi connectivity index (χ0) is 15.4. The number of carboxylic acids is 1. The molecule has 1 aliphatic rings. The van der Waals surface area contributed by atoms with E-state index >= 15 is 0 Å². The molecular weight excluding hydrogens is 278 g/mol. The fourth-order valence-corrected chi connectivity index (χ4v) is 2.41. The van der Waals surface area contributed by atoms with Crippen LogP contribution in [0.2, 0.25) is 0 Å². The van der Waals surface area contributed by atoms with Gasteiger partial charge in [-0.25, -0.2) is 4.79 Å². The minimum atomic E-state index is -1.02. The molecule has 114 valence electrons. The van der Waals surface area contributed by atoms with Crippen molar-refractivity contribution in [1.82, 2.24) is 5.32 Å². The lowest BCUT2D eigenvalue weighted by Gasteiger charge is -2.35. The van der Waals surface area contributed by atoms with Crippen LogP contribution in [0.1, 0.15) is 6.92 Å². The van der Waals surface area contributed by atoms with Crippen molar-refractivity contribution < 1.29 is 19.6 Å². The van der Waals surface area contributed by atoms with Gasteiger partial charge in [0.2, 0.25) is 0 Å². The number of nitro benzene ring substituents is 1. The maximum absolute atomic E-state index is 11.4. The highest BCUT2D eigenvalue weighted by molar-refractivity contribution is 5.82. The number of piperazine rings is 1. The van der Waals surface area contributed by atoms with E-state index in [1.807, 2.05) is 0 Å². The summed E-state index contributed by atoms with van der Waals surface area (Å²) >= 11 is 0. The number of anilines is 1. The third-order valence-corrected chi connectivity index (χ3v) is 3.30. The van der Waals surface area contributed by atoms with Crippen LogP contribution in [-0.2, 0) is 4.79 Å². The summed E-state index contributed by atoms with van der Waals surface area (Å²) in [6.45, 7) is 3.23. The van der Waals surface area contributed by atoms with Crippen LogP contribution in [-0.4, -0.2) is 48.3 Å². The van der Waals surface area contributed by atoms with Gasteiger partial charge in [-0.15, -0.1) is 0 Å². The Hall–Kier alpha value is -2.35. The molecule has 8 heteroatoms. The lowest BCUT2D eigenvalue weighted by atomic mass is 10.1. The minimum absolute atomic E-state index is 0.155. The molecule has 1 fully saturated rings. The molecule has 8 nitrogen and oxygen atoms in total. The molecular formula is C13H17N3O5. The van der Waals surface area contributed by atoms with Gasteiger partial charge in [-0.05, 0) is 19.1 Å². The van der Waals surface area contributed by atoms with Gasteiger partial charge >= 0.3 is 11.7 Å². The summed E-state index contributed by atoms with van der Waals surface area (Å²) in [6.07, 6.45) is 0. The van der Waals surface area contributed by atoms with Crippen LogP contribution >= 0.6 is 0 Å². The molecule has 1 unspecified atom stereocenters. The Balaban J connectivity index is 2.48. The maximum atomic E-state index is 11.4. The quantitative estimate of drug-likeness (QED) is 0.613. The zero-order valence-corrected chi connectivity index (χ0v) is 11.6. The Bertz CT molecular complexity index is 549. The van der Waals surface area contributed by atoms with Gasteiger partial charge in [0, 0.05) is 19.6 Å². The molecule has 1 aliphatic heterocycles. The second kappa shape index (κ2) is 6.40. The van der Waals surface area contributed by atoms with Crippen molar-refractivity contribution in [1.29, 1.82) is 0 Å². The smallest absolute Gasteiger partial charge is 0.333 e. The van der Waals surface area contributed by atoms with Crippen molar-refractivity contribution in [3.63, 3.8) is 0 Å². The van der Waals surface area contributed by atoms with Crippen molar-refractivity contribution in [2.24, 2.45) is 0 Å². The summed E-state index contributed by atoms with van der Waals surface area (Å²) in [4.78, 5) is 23.7. The topological polar surface area (TPSA) is 105 Å². The number of ether oxygens (including phenoxy) is 1. The lowest BCUT2D eigenvalue weighted by Crippen LogP contribution is -2.55. The minimum Gasteiger partial charge on any atom is -0.487 e. The lowest BCUT2D eigenvalue weighted by molar-refractivity contribution is -0.385. The van der Waals surface area contributed by atoms with Gasteiger partial charge in [0.1, 0.15) is 11.7 Å². The third kappa shape index (κ3) is 3.05. The number of rotatable bonds is 5. The molecule has 0 saturated carbocycles. The molecule has 0 bridgehead atoms. The fourth-order valence-electron chi connectivity index (χ4n) is 2.41. The zero-order valence-electron chi connectivity index (χ0n) is 11.6. The molecule has 0 amide bonds. The first-order chi connectivity index (χ1) is 10.1. The first-order valence-electron chi connectivity index (χ1n) is 6.66. The molecule has 1 aromatic rings. The van der Waals surface area contributed by atoms with E-state index in [1.165, 1.54) is 6.07 Å². The number of hydrogen-bond donors (Lipinski definition) is 2. The molecule has 1 heterocycles. The summed E-state index contributed by atoms with van der Waals surface area (Å²) < 4.78 is 5.29. The van der Waals surface area contributed by atoms with Crippen molar-refractivity contribution in [2.45, 2.75) is 13.0 Å². The van der Waals surface area contributed by atoms with Gasteiger partial charge in [-0.3, -0.25) is 10.1 Å². The summed E-state index contributed by atoms with van der Waals surface area (Å²) in [7, 11) is 0. The van der Waals surface area contributed by atoms with E-state index in [4.69, 9.17) is 4.74 Å². The van der Waals surface area contributed by atoms with Gasteiger partial charge < -0.3 is 20.1 Å². The molecule has 0 aromatic heterocycles. The van der Waals surface area contributed by atoms with E-state index < -0.39 is 16.9 Å². The van der Waals surface area contributed by atoms with Crippen LogP contribution in [0.5, 0.6) is 5.75 Å². The molecule has 2 N–H and O–H groups in total. The summed E-state index contributed by atoms with van der Waals surface area (Å²) in [5.74, 6) is -0.860. The number of hydrogen-bond acceptors (Lipinski definition) is 6. The predicted molar refractivity (Wildman–Crippen MR) is 75.9 cm³/mol. The highest BCUT2D eigenvalue weighted by Crippen LogP contribution is 2.38. The molecule has 0 aliphatic carbocycles. The van der Waals surface area contributed by atoms with Gasteiger partial charge in [0.15, 0.2) is 5.75 Å². The molecule has 2 rings (SSSR count). The molecule has 0 radical (unpaired) electrons. The van der Waals surface area contributed by atoms with Crippen LogP contribution in [0, 0.1) is 10.1 Å². The van der Waals surface area contributed by atoms with Gasteiger partial charge in [-0.2, -0.15) is 0 Å². The summed E-state index contributed by atoms with van der Waals surface area (Å²) in [5.41, 5.74) is 0.0901. The van der Waals surface area contributed by atoms with Crippen molar-refractivity contribution >= 4 is 17.3 Å². The van der Waals surface area contributed by atoms with Crippen molar-refractivity contribution in [3.8, 4) is 5.75 Å². The predicted octanol–water partition coefficient (Wildman–Crippen LogP) is 0.856. The Morgan fingerprint density at radius 1 is 1.62 bits per heavy atom. The van der Waals surface area contributed by atoms with Crippen LogP contribution in [0.3, 0.4) is 0 Å². The normalized spacial score (nSPS) is 18.3. The van der Waals surface area contributed by atoms with E-state index in [2.05, 4.69) is 5.32 Å². The highest BCUT2D eigenvalue weighted by Gasteiger charge is 2.34. The Kier molecular flexibility index (Phi) is 4.59. The molecule has 21 heavy (non-hydrogen) atoms. The molecule has 1 atom stereocenters. The van der Waals surface area contributed by atoms with E-state index in [0.717, 1.165) is 0 Å². The maximum Gasteiger partial charge on any atom is 0.333 e. The Labute approximate surface area is 121 Å². The van der Waals surface area contributed by atoms with Gasteiger partial charge in [0.25, 0.3) is 0 Å². The van der Waals surface area contributed by atoms with E-state index in [-0.39, 0.29) is 23.7 Å². The molecule has 1 saturated heterocycles. The fraction of sp³-hybridized carbons (Fsp3) is 0.462. The van der Waals surface area contributed by atoms with Crippen LogP contribution in [0.15, 0.2) is 18.2 Å². The first-order valence-corrected chi connectivity index (χ1v) is 6.66. The number of benzene rings is 1. The van der Waals surface area contributed by atoms with Crippen molar-refractivity contribution in [2.75, 3.05) is 31.1 Å². The van der Waals surface area contributed by atoms with Gasteiger partial charge in [0.05, 0.1) is 11.5 Å². The highest BCUT2D eigenvalue weighted by atomic mass is 16.6. The van der Waals surface area contributed by atoms with E-state index in [0.29, 0.717) is 19.7 Å². The number of carbonyl (C=O) groups is 1. The second-order valence-corrected chi connectivity index (χ2v) is 4.57. The van der Waals surface area contributed by atoms with Crippen molar-refractivity contribution in [3.05, 3.63) is 28.3 Å². The molecule has 1 aromatic carbocycles. The Morgan fingerprint density at radius 2 is 2.38 bits per heavy atom.